The minimum Gasteiger partial charge on any atom is -0.478 e. The zero-order valence-electron chi connectivity index (χ0n) is 10.9. The number of rotatable bonds is 4. The second-order valence-electron chi connectivity index (χ2n) is 4.01. The number of benzene rings is 1. The number of halogens is 1. The van der Waals surface area contributed by atoms with Crippen molar-refractivity contribution in [1.29, 1.82) is 0 Å². The van der Waals surface area contributed by atoms with Gasteiger partial charge in [-0.1, -0.05) is 0 Å². The summed E-state index contributed by atoms with van der Waals surface area (Å²) in [4.78, 5) is 22.2. The van der Waals surface area contributed by atoms with E-state index in [1.807, 2.05) is 0 Å². The fraction of sp³-hybridized carbons (Fsp3) is 0.0769. The molecule has 1 aromatic carbocycles. The molecule has 21 heavy (non-hydrogen) atoms. The third-order valence-electron chi connectivity index (χ3n) is 2.60. The van der Waals surface area contributed by atoms with Crippen LogP contribution in [0.1, 0.15) is 20.8 Å². The van der Waals surface area contributed by atoms with E-state index in [0.29, 0.717) is 16.0 Å². The SMILES string of the molecule is CNC(=O)c1ccc(Nc2ccc(C(=O)O)cc2Br)nn1. The van der Waals surface area contributed by atoms with Gasteiger partial charge in [0, 0.05) is 11.5 Å². The molecule has 2 aromatic rings. The summed E-state index contributed by atoms with van der Waals surface area (Å²) in [5, 5.41) is 22.0. The number of amides is 1. The van der Waals surface area contributed by atoms with Crippen molar-refractivity contribution in [2.24, 2.45) is 0 Å². The number of hydrogen-bond donors (Lipinski definition) is 3. The van der Waals surface area contributed by atoms with Crippen LogP contribution < -0.4 is 10.6 Å². The molecule has 0 spiro atoms. The van der Waals surface area contributed by atoms with Crippen LogP contribution in [0.5, 0.6) is 0 Å². The van der Waals surface area contributed by atoms with Crippen LogP contribution in [0.15, 0.2) is 34.8 Å². The van der Waals surface area contributed by atoms with Gasteiger partial charge in [-0.15, -0.1) is 10.2 Å². The van der Waals surface area contributed by atoms with E-state index in [-0.39, 0.29) is 17.2 Å². The number of carbonyl (C=O) groups excluding carboxylic acids is 1. The molecule has 3 N–H and O–H groups in total. The van der Waals surface area contributed by atoms with Crippen molar-refractivity contribution < 1.29 is 14.7 Å². The van der Waals surface area contributed by atoms with E-state index in [4.69, 9.17) is 5.11 Å². The first-order valence-corrected chi connectivity index (χ1v) is 6.66. The van der Waals surface area contributed by atoms with Crippen LogP contribution in [0, 0.1) is 0 Å². The molecule has 1 heterocycles. The lowest BCUT2D eigenvalue weighted by Crippen LogP contribution is -2.19. The molecule has 0 aliphatic rings. The molecule has 1 aromatic heterocycles. The normalized spacial score (nSPS) is 10.0. The highest BCUT2D eigenvalue weighted by molar-refractivity contribution is 9.10. The Hall–Kier alpha value is -2.48. The predicted molar refractivity (Wildman–Crippen MR) is 79.8 cm³/mol. The van der Waals surface area contributed by atoms with Gasteiger partial charge in [-0.3, -0.25) is 4.79 Å². The minimum absolute atomic E-state index is 0.175. The summed E-state index contributed by atoms with van der Waals surface area (Å²) < 4.78 is 0.583. The molecule has 0 bridgehead atoms. The van der Waals surface area contributed by atoms with E-state index in [1.165, 1.54) is 25.2 Å². The zero-order chi connectivity index (χ0) is 15.4. The maximum absolute atomic E-state index is 11.3. The van der Waals surface area contributed by atoms with E-state index in [2.05, 4.69) is 36.8 Å². The molecule has 0 fully saturated rings. The van der Waals surface area contributed by atoms with Crippen LogP contribution in [-0.2, 0) is 0 Å². The van der Waals surface area contributed by atoms with Crippen molar-refractivity contribution in [2.45, 2.75) is 0 Å². The Morgan fingerprint density at radius 3 is 2.48 bits per heavy atom. The molecule has 108 valence electrons. The van der Waals surface area contributed by atoms with Gasteiger partial charge in [0.1, 0.15) is 0 Å². The molecule has 0 unspecified atom stereocenters. The summed E-state index contributed by atoms with van der Waals surface area (Å²) in [6.07, 6.45) is 0. The molecular formula is C13H11BrN4O3. The first-order valence-electron chi connectivity index (χ1n) is 5.87. The van der Waals surface area contributed by atoms with Gasteiger partial charge in [0.05, 0.1) is 11.3 Å². The summed E-state index contributed by atoms with van der Waals surface area (Å²) in [5.41, 5.74) is 1.03. The van der Waals surface area contributed by atoms with E-state index in [1.54, 1.807) is 12.1 Å². The average molecular weight is 351 g/mol. The molecule has 0 saturated heterocycles. The highest BCUT2D eigenvalue weighted by Gasteiger charge is 2.09. The largest absolute Gasteiger partial charge is 0.478 e. The smallest absolute Gasteiger partial charge is 0.335 e. The Kier molecular flexibility index (Phi) is 4.49. The Morgan fingerprint density at radius 2 is 1.95 bits per heavy atom. The molecule has 0 atom stereocenters. The molecule has 7 nitrogen and oxygen atoms in total. The Balaban J connectivity index is 2.18. The van der Waals surface area contributed by atoms with E-state index < -0.39 is 5.97 Å². The van der Waals surface area contributed by atoms with Gasteiger partial charge in [-0.2, -0.15) is 0 Å². The van der Waals surface area contributed by atoms with Crippen molar-refractivity contribution >= 4 is 39.3 Å². The second-order valence-corrected chi connectivity index (χ2v) is 4.86. The van der Waals surface area contributed by atoms with Gasteiger partial charge < -0.3 is 15.7 Å². The quantitative estimate of drug-likeness (QED) is 0.779. The number of nitrogens with zero attached hydrogens (tertiary/aromatic N) is 2. The third kappa shape index (κ3) is 3.54. The van der Waals surface area contributed by atoms with Crippen molar-refractivity contribution in [2.75, 3.05) is 12.4 Å². The van der Waals surface area contributed by atoms with Crippen LogP contribution in [0.2, 0.25) is 0 Å². The number of carbonyl (C=O) groups is 2. The molecular weight excluding hydrogens is 340 g/mol. The summed E-state index contributed by atoms with van der Waals surface area (Å²) >= 11 is 3.28. The van der Waals surface area contributed by atoms with E-state index >= 15 is 0 Å². The van der Waals surface area contributed by atoms with E-state index in [9.17, 15) is 9.59 Å². The van der Waals surface area contributed by atoms with Crippen LogP contribution >= 0.6 is 15.9 Å². The van der Waals surface area contributed by atoms with Gasteiger partial charge in [0.2, 0.25) is 0 Å². The molecule has 0 aliphatic heterocycles. The summed E-state index contributed by atoms with van der Waals surface area (Å²) in [6, 6.07) is 7.71. The van der Waals surface area contributed by atoms with Gasteiger partial charge in [-0.05, 0) is 46.3 Å². The number of hydrogen-bond acceptors (Lipinski definition) is 5. The van der Waals surface area contributed by atoms with Crippen LogP contribution in [0.3, 0.4) is 0 Å². The lowest BCUT2D eigenvalue weighted by molar-refractivity contribution is 0.0696. The van der Waals surface area contributed by atoms with Crippen molar-refractivity contribution in [1.82, 2.24) is 15.5 Å². The zero-order valence-corrected chi connectivity index (χ0v) is 12.5. The van der Waals surface area contributed by atoms with E-state index in [0.717, 1.165) is 0 Å². The fourth-order valence-corrected chi connectivity index (χ4v) is 2.01. The van der Waals surface area contributed by atoms with Gasteiger partial charge in [0.25, 0.3) is 5.91 Å². The number of aromatic carboxylic acids is 1. The average Bonchev–Trinajstić information content (AvgIpc) is 2.49. The maximum atomic E-state index is 11.3. The predicted octanol–water partition coefficient (Wildman–Crippen LogP) is 2.04. The van der Waals surface area contributed by atoms with Crippen molar-refractivity contribution in [3.8, 4) is 0 Å². The lowest BCUT2D eigenvalue weighted by Gasteiger charge is -2.08. The fourth-order valence-electron chi connectivity index (χ4n) is 1.54. The molecule has 0 aliphatic carbocycles. The highest BCUT2D eigenvalue weighted by Crippen LogP contribution is 2.26. The summed E-state index contributed by atoms with van der Waals surface area (Å²) in [5.74, 6) is -0.885. The topological polar surface area (TPSA) is 104 Å². The number of nitrogens with one attached hydrogen (secondary N) is 2. The minimum atomic E-state index is -1.00. The van der Waals surface area contributed by atoms with Gasteiger partial charge in [0.15, 0.2) is 11.5 Å². The first kappa shape index (κ1) is 14.9. The number of anilines is 2. The van der Waals surface area contributed by atoms with Crippen LogP contribution in [0.25, 0.3) is 0 Å². The lowest BCUT2D eigenvalue weighted by atomic mass is 10.2. The maximum Gasteiger partial charge on any atom is 0.335 e. The standard InChI is InChI=1S/C13H11BrN4O3/c1-15-12(19)10-4-5-11(18-17-10)16-9-3-2-7(13(20)21)6-8(9)14/h2-6H,1H3,(H,15,19)(H,16,18)(H,20,21). The third-order valence-corrected chi connectivity index (χ3v) is 3.26. The Labute approximate surface area is 128 Å². The number of carboxylic acid groups (broad SMARTS) is 1. The Morgan fingerprint density at radius 1 is 1.19 bits per heavy atom. The summed E-state index contributed by atoms with van der Waals surface area (Å²) in [7, 11) is 1.51. The second kappa shape index (κ2) is 6.31. The summed E-state index contributed by atoms with van der Waals surface area (Å²) in [6.45, 7) is 0. The van der Waals surface area contributed by atoms with Crippen molar-refractivity contribution in [3.05, 3.63) is 46.1 Å². The molecule has 0 radical (unpaired) electrons. The molecule has 2 rings (SSSR count). The molecule has 1 amide bonds. The van der Waals surface area contributed by atoms with Gasteiger partial charge in [-0.25, -0.2) is 4.79 Å². The van der Waals surface area contributed by atoms with Crippen molar-refractivity contribution in [3.63, 3.8) is 0 Å². The highest BCUT2D eigenvalue weighted by atomic mass is 79.9. The molecule has 8 heteroatoms. The van der Waals surface area contributed by atoms with Crippen LogP contribution in [0.4, 0.5) is 11.5 Å². The first-order chi connectivity index (χ1) is 10.0. The van der Waals surface area contributed by atoms with Crippen LogP contribution in [-0.4, -0.2) is 34.2 Å². The Bertz CT molecular complexity index is 688. The monoisotopic (exact) mass is 350 g/mol. The van der Waals surface area contributed by atoms with Gasteiger partial charge >= 0.3 is 5.97 Å². The number of aromatic nitrogens is 2. The molecule has 0 saturated carbocycles. The number of carboxylic acids is 1.